The van der Waals surface area contributed by atoms with Crippen LogP contribution in [0.4, 0.5) is 0 Å². The highest BCUT2D eigenvalue weighted by molar-refractivity contribution is 6.15. The van der Waals surface area contributed by atoms with Crippen LogP contribution in [0.1, 0.15) is 18.1 Å². The van der Waals surface area contributed by atoms with Gasteiger partial charge in [0.15, 0.2) is 0 Å². The zero-order valence-electron chi connectivity index (χ0n) is 7.74. The second-order valence-corrected chi connectivity index (χ2v) is 2.87. The van der Waals surface area contributed by atoms with E-state index in [2.05, 4.69) is 0 Å². The molecule has 0 saturated carbocycles. The summed E-state index contributed by atoms with van der Waals surface area (Å²) in [6, 6.07) is 7.45. The Kier molecular flexibility index (Phi) is 2.85. The Morgan fingerprint density at radius 2 is 1.85 bits per heavy atom. The fraction of sp³-hybridized carbons (Fsp3) is 0.182. The summed E-state index contributed by atoms with van der Waals surface area (Å²) >= 11 is 0. The average Bonchev–Trinajstić information content (AvgIpc) is 2.09. The summed E-state index contributed by atoms with van der Waals surface area (Å²) in [6.45, 7) is 3.70. The van der Waals surface area contributed by atoms with Gasteiger partial charge in [0.2, 0.25) is 0 Å². The monoisotopic (exact) mass is 176 g/mol. The molecule has 1 rings (SSSR count). The molecule has 2 nitrogen and oxygen atoms in total. The van der Waals surface area contributed by atoms with Crippen molar-refractivity contribution in [2.75, 3.05) is 0 Å². The molecule has 0 unspecified atom stereocenters. The molecule has 1 aromatic rings. The molecular weight excluding hydrogens is 164 g/mol. The van der Waals surface area contributed by atoms with Crippen LogP contribution in [-0.2, 0) is 4.79 Å². The Balaban J connectivity index is 3.07. The maximum Gasteiger partial charge on any atom is 0.335 e. The van der Waals surface area contributed by atoms with E-state index in [0.29, 0.717) is 5.57 Å². The minimum absolute atomic E-state index is 0.347. The van der Waals surface area contributed by atoms with Crippen LogP contribution in [0.15, 0.2) is 30.3 Å². The number of benzene rings is 1. The third kappa shape index (κ3) is 2.18. The van der Waals surface area contributed by atoms with E-state index in [1.165, 1.54) is 0 Å². The first-order chi connectivity index (χ1) is 6.15. The van der Waals surface area contributed by atoms with Gasteiger partial charge in [-0.25, -0.2) is 4.79 Å². The van der Waals surface area contributed by atoms with E-state index in [-0.39, 0.29) is 0 Å². The van der Waals surface area contributed by atoms with Gasteiger partial charge in [-0.05, 0) is 19.4 Å². The quantitative estimate of drug-likeness (QED) is 0.703. The molecule has 1 aromatic carbocycles. The molecule has 0 aliphatic carbocycles. The van der Waals surface area contributed by atoms with Crippen molar-refractivity contribution in [3.63, 3.8) is 0 Å². The largest absolute Gasteiger partial charge is 0.478 e. The predicted molar refractivity (Wildman–Crippen MR) is 52.5 cm³/mol. The molecule has 0 fully saturated rings. The van der Waals surface area contributed by atoms with Crippen LogP contribution in [0.2, 0.25) is 0 Å². The highest BCUT2D eigenvalue weighted by atomic mass is 16.4. The van der Waals surface area contributed by atoms with Gasteiger partial charge in [0.25, 0.3) is 0 Å². The van der Waals surface area contributed by atoms with Crippen LogP contribution >= 0.6 is 0 Å². The lowest BCUT2D eigenvalue weighted by Gasteiger charge is -2.01. The topological polar surface area (TPSA) is 37.3 Å². The van der Waals surface area contributed by atoms with Gasteiger partial charge in [0, 0.05) is 0 Å². The van der Waals surface area contributed by atoms with Crippen LogP contribution in [0.5, 0.6) is 0 Å². The van der Waals surface area contributed by atoms with Gasteiger partial charge in [-0.2, -0.15) is 0 Å². The third-order valence-corrected chi connectivity index (χ3v) is 1.88. The van der Waals surface area contributed by atoms with E-state index >= 15 is 0 Å². The number of hydrogen-bond acceptors (Lipinski definition) is 1. The van der Waals surface area contributed by atoms with Crippen LogP contribution in [0, 0.1) is 6.92 Å². The first-order valence-electron chi connectivity index (χ1n) is 4.12. The summed E-state index contributed by atoms with van der Waals surface area (Å²) in [4.78, 5) is 10.7. The van der Waals surface area contributed by atoms with Crippen LogP contribution < -0.4 is 0 Å². The maximum absolute atomic E-state index is 10.7. The van der Waals surface area contributed by atoms with Crippen molar-refractivity contribution >= 4 is 11.5 Å². The molecule has 13 heavy (non-hydrogen) atoms. The van der Waals surface area contributed by atoms with Gasteiger partial charge in [0.1, 0.15) is 0 Å². The molecule has 0 heterocycles. The molecule has 2 heteroatoms. The normalized spacial score (nSPS) is 11.4. The van der Waals surface area contributed by atoms with E-state index in [4.69, 9.17) is 5.11 Å². The molecular formula is C11H12O2. The minimum atomic E-state index is -0.883. The van der Waals surface area contributed by atoms with Crippen molar-refractivity contribution in [1.29, 1.82) is 0 Å². The van der Waals surface area contributed by atoms with Gasteiger partial charge < -0.3 is 5.11 Å². The van der Waals surface area contributed by atoms with Crippen molar-refractivity contribution in [1.82, 2.24) is 0 Å². The number of carbonyl (C=O) groups is 1. The number of carboxylic acid groups (broad SMARTS) is 1. The number of rotatable bonds is 2. The predicted octanol–water partition coefficient (Wildman–Crippen LogP) is 2.48. The third-order valence-electron chi connectivity index (χ3n) is 1.88. The molecule has 0 aromatic heterocycles. The lowest BCUT2D eigenvalue weighted by molar-refractivity contribution is -0.130. The van der Waals surface area contributed by atoms with E-state index in [1.807, 2.05) is 31.2 Å². The van der Waals surface area contributed by atoms with Crippen molar-refractivity contribution in [2.24, 2.45) is 0 Å². The molecule has 0 saturated heterocycles. The second kappa shape index (κ2) is 3.90. The Hall–Kier alpha value is -1.57. The van der Waals surface area contributed by atoms with E-state index < -0.39 is 5.97 Å². The van der Waals surface area contributed by atoms with Gasteiger partial charge in [-0.3, -0.25) is 0 Å². The number of aryl methyl sites for hydroxylation is 1. The van der Waals surface area contributed by atoms with Gasteiger partial charge >= 0.3 is 5.97 Å². The Morgan fingerprint density at radius 3 is 2.23 bits per heavy atom. The summed E-state index contributed by atoms with van der Waals surface area (Å²) in [7, 11) is 0. The van der Waals surface area contributed by atoms with Gasteiger partial charge in [-0.15, -0.1) is 0 Å². The first kappa shape index (κ1) is 9.52. The Labute approximate surface area is 77.5 Å². The van der Waals surface area contributed by atoms with E-state index in [9.17, 15) is 4.79 Å². The van der Waals surface area contributed by atoms with E-state index in [1.54, 1.807) is 13.0 Å². The van der Waals surface area contributed by atoms with Gasteiger partial charge in [-0.1, -0.05) is 35.9 Å². The average molecular weight is 176 g/mol. The number of aliphatic carboxylic acids is 1. The fourth-order valence-electron chi connectivity index (χ4n) is 1.15. The zero-order chi connectivity index (χ0) is 9.84. The van der Waals surface area contributed by atoms with Crippen LogP contribution in [0.25, 0.3) is 5.57 Å². The lowest BCUT2D eigenvalue weighted by Crippen LogP contribution is -1.98. The van der Waals surface area contributed by atoms with Crippen molar-refractivity contribution in [3.8, 4) is 0 Å². The number of carboxylic acids is 1. The highest BCUT2D eigenvalue weighted by Crippen LogP contribution is 2.14. The van der Waals surface area contributed by atoms with Crippen molar-refractivity contribution < 1.29 is 9.90 Å². The molecule has 0 aliphatic rings. The molecule has 68 valence electrons. The molecule has 0 radical (unpaired) electrons. The summed E-state index contributed by atoms with van der Waals surface area (Å²) < 4.78 is 0. The maximum atomic E-state index is 10.7. The highest BCUT2D eigenvalue weighted by Gasteiger charge is 2.07. The molecule has 0 amide bonds. The Bertz CT molecular complexity index is 334. The molecule has 0 bridgehead atoms. The van der Waals surface area contributed by atoms with E-state index in [0.717, 1.165) is 11.1 Å². The van der Waals surface area contributed by atoms with Crippen molar-refractivity contribution in [3.05, 3.63) is 41.5 Å². The van der Waals surface area contributed by atoms with Crippen LogP contribution in [-0.4, -0.2) is 11.1 Å². The van der Waals surface area contributed by atoms with Gasteiger partial charge in [0.05, 0.1) is 5.57 Å². The second-order valence-electron chi connectivity index (χ2n) is 2.87. The fourth-order valence-corrected chi connectivity index (χ4v) is 1.15. The summed E-state index contributed by atoms with van der Waals surface area (Å²) in [6.07, 6.45) is 1.60. The summed E-state index contributed by atoms with van der Waals surface area (Å²) in [5, 5.41) is 8.83. The SMILES string of the molecule is CC=C(C(=O)O)c1ccc(C)cc1. The summed E-state index contributed by atoms with van der Waals surface area (Å²) in [5.74, 6) is -0.883. The first-order valence-corrected chi connectivity index (χ1v) is 4.12. The number of hydrogen-bond donors (Lipinski definition) is 1. The molecule has 0 spiro atoms. The standard InChI is InChI=1S/C11H12O2/c1-3-10(11(12)13)9-6-4-8(2)5-7-9/h3-7H,1-2H3,(H,12,13). The molecule has 0 atom stereocenters. The van der Waals surface area contributed by atoms with Crippen LogP contribution in [0.3, 0.4) is 0 Å². The lowest BCUT2D eigenvalue weighted by atomic mass is 10.0. The molecule has 0 aliphatic heterocycles. The minimum Gasteiger partial charge on any atom is -0.478 e. The zero-order valence-corrected chi connectivity index (χ0v) is 7.74. The van der Waals surface area contributed by atoms with Crippen molar-refractivity contribution in [2.45, 2.75) is 13.8 Å². The Morgan fingerprint density at radius 1 is 1.31 bits per heavy atom. The molecule has 1 N–H and O–H groups in total. The number of allylic oxidation sites excluding steroid dienone is 1. The smallest absolute Gasteiger partial charge is 0.335 e. The summed E-state index contributed by atoms with van der Waals surface area (Å²) in [5.41, 5.74) is 2.23.